The molecule has 0 aliphatic heterocycles. The van der Waals surface area contributed by atoms with Crippen molar-refractivity contribution < 1.29 is 14.2 Å². The van der Waals surface area contributed by atoms with Crippen molar-refractivity contribution in [1.82, 2.24) is 9.97 Å². The van der Waals surface area contributed by atoms with Crippen LogP contribution >= 0.6 is 11.6 Å². The lowest BCUT2D eigenvalue weighted by Crippen LogP contribution is -2.08. The zero-order valence-electron chi connectivity index (χ0n) is 9.69. The third-order valence-electron chi connectivity index (χ3n) is 1.90. The second kappa shape index (κ2) is 8.05. The fourth-order valence-corrected chi connectivity index (χ4v) is 1.17. The molecule has 1 heterocycles. The molecule has 1 aromatic rings. The lowest BCUT2D eigenvalue weighted by atomic mass is 10.5. The van der Waals surface area contributed by atoms with Crippen molar-refractivity contribution in [1.29, 1.82) is 0 Å². The summed E-state index contributed by atoms with van der Waals surface area (Å²) in [6.45, 7) is 2.24. The molecule has 1 aromatic heterocycles. The SMILES string of the molecule is COCCOCCCOc1ncnc(Cl)c1N. The van der Waals surface area contributed by atoms with Crippen LogP contribution in [0, 0.1) is 0 Å². The number of anilines is 1. The van der Waals surface area contributed by atoms with Crippen LogP contribution in [0.5, 0.6) is 5.88 Å². The van der Waals surface area contributed by atoms with Crippen molar-refractivity contribution in [3.05, 3.63) is 11.5 Å². The molecule has 0 aromatic carbocycles. The number of hydrogen-bond donors (Lipinski definition) is 1. The van der Waals surface area contributed by atoms with Gasteiger partial charge in [0, 0.05) is 20.1 Å². The molecule has 7 heteroatoms. The third-order valence-corrected chi connectivity index (χ3v) is 2.20. The summed E-state index contributed by atoms with van der Waals surface area (Å²) < 4.78 is 15.5. The van der Waals surface area contributed by atoms with Gasteiger partial charge in [-0.1, -0.05) is 11.6 Å². The summed E-state index contributed by atoms with van der Waals surface area (Å²) in [6, 6.07) is 0. The van der Waals surface area contributed by atoms with Crippen molar-refractivity contribution in [2.45, 2.75) is 6.42 Å². The van der Waals surface area contributed by atoms with Crippen molar-refractivity contribution in [3.63, 3.8) is 0 Å². The number of nitrogen functional groups attached to an aromatic ring is 1. The van der Waals surface area contributed by atoms with Crippen molar-refractivity contribution in [3.8, 4) is 5.88 Å². The van der Waals surface area contributed by atoms with Gasteiger partial charge in [-0.15, -0.1) is 0 Å². The highest BCUT2D eigenvalue weighted by Crippen LogP contribution is 2.23. The molecule has 0 fully saturated rings. The maximum Gasteiger partial charge on any atom is 0.241 e. The predicted molar refractivity (Wildman–Crippen MR) is 64.3 cm³/mol. The molecule has 0 aliphatic rings. The summed E-state index contributed by atoms with van der Waals surface area (Å²) >= 11 is 5.72. The van der Waals surface area contributed by atoms with Gasteiger partial charge in [-0.25, -0.2) is 4.98 Å². The van der Waals surface area contributed by atoms with Crippen LogP contribution in [0.4, 0.5) is 5.69 Å². The molecule has 0 radical (unpaired) electrons. The highest BCUT2D eigenvalue weighted by molar-refractivity contribution is 6.32. The van der Waals surface area contributed by atoms with Crippen LogP contribution in [0.3, 0.4) is 0 Å². The summed E-state index contributed by atoms with van der Waals surface area (Å²) in [5.41, 5.74) is 5.89. The molecule has 0 unspecified atom stereocenters. The first kappa shape index (κ1) is 14.0. The predicted octanol–water partition coefficient (Wildman–Crippen LogP) is 1.14. The first-order valence-corrected chi connectivity index (χ1v) is 5.59. The van der Waals surface area contributed by atoms with Gasteiger partial charge in [-0.2, -0.15) is 4.98 Å². The minimum atomic E-state index is 0.200. The molecule has 17 heavy (non-hydrogen) atoms. The molecular formula is C10H16ClN3O3. The van der Waals surface area contributed by atoms with Crippen molar-refractivity contribution in [2.75, 3.05) is 39.3 Å². The Kier molecular flexibility index (Phi) is 6.61. The molecule has 0 spiro atoms. The van der Waals surface area contributed by atoms with Crippen LogP contribution in [0.1, 0.15) is 6.42 Å². The van der Waals surface area contributed by atoms with Crippen LogP contribution in [0.25, 0.3) is 0 Å². The summed E-state index contributed by atoms with van der Waals surface area (Å²) in [6.07, 6.45) is 2.05. The van der Waals surface area contributed by atoms with Gasteiger partial charge >= 0.3 is 0 Å². The summed E-state index contributed by atoms with van der Waals surface area (Å²) in [5.74, 6) is 0.307. The first-order chi connectivity index (χ1) is 8.25. The Morgan fingerprint density at radius 2 is 2.06 bits per heavy atom. The van der Waals surface area contributed by atoms with Crippen LogP contribution in [-0.2, 0) is 9.47 Å². The zero-order chi connectivity index (χ0) is 12.5. The number of rotatable bonds is 8. The average molecular weight is 262 g/mol. The highest BCUT2D eigenvalue weighted by atomic mass is 35.5. The smallest absolute Gasteiger partial charge is 0.241 e. The van der Waals surface area contributed by atoms with Gasteiger partial charge in [0.1, 0.15) is 12.0 Å². The van der Waals surface area contributed by atoms with Gasteiger partial charge in [0.05, 0.1) is 19.8 Å². The van der Waals surface area contributed by atoms with Gasteiger partial charge in [0.15, 0.2) is 5.15 Å². The molecular weight excluding hydrogens is 246 g/mol. The Labute approximate surface area is 105 Å². The van der Waals surface area contributed by atoms with E-state index in [4.69, 9.17) is 31.5 Å². The summed E-state index contributed by atoms with van der Waals surface area (Å²) in [7, 11) is 1.63. The van der Waals surface area contributed by atoms with E-state index >= 15 is 0 Å². The van der Waals surface area contributed by atoms with Crippen LogP contribution in [-0.4, -0.2) is 43.5 Å². The fourth-order valence-electron chi connectivity index (χ4n) is 1.05. The molecule has 0 saturated carbocycles. The quantitative estimate of drug-likeness (QED) is 0.558. The monoisotopic (exact) mass is 261 g/mol. The fraction of sp³-hybridized carbons (Fsp3) is 0.600. The maximum atomic E-state index is 5.72. The normalized spacial score (nSPS) is 10.5. The lowest BCUT2D eigenvalue weighted by molar-refractivity contribution is 0.0642. The number of hydrogen-bond acceptors (Lipinski definition) is 6. The topological polar surface area (TPSA) is 79.5 Å². The standard InChI is InChI=1S/C10H16ClN3O3/c1-15-5-6-16-3-2-4-17-10-8(12)9(11)13-7-14-10/h7H,2-6,12H2,1H3. The summed E-state index contributed by atoms with van der Waals surface area (Å²) in [5, 5.41) is 0.200. The van der Waals surface area contributed by atoms with Gasteiger partial charge in [-0.05, 0) is 0 Å². The van der Waals surface area contributed by atoms with E-state index in [9.17, 15) is 0 Å². The molecule has 6 nitrogen and oxygen atoms in total. The molecule has 1 rings (SSSR count). The van der Waals surface area contributed by atoms with E-state index in [0.717, 1.165) is 6.42 Å². The van der Waals surface area contributed by atoms with E-state index in [1.165, 1.54) is 6.33 Å². The molecule has 96 valence electrons. The van der Waals surface area contributed by atoms with Crippen LogP contribution < -0.4 is 10.5 Å². The van der Waals surface area contributed by atoms with Gasteiger partial charge in [0.25, 0.3) is 0 Å². The Bertz CT molecular complexity index is 339. The van der Waals surface area contributed by atoms with Crippen molar-refractivity contribution >= 4 is 17.3 Å². The molecule has 0 atom stereocenters. The largest absolute Gasteiger partial charge is 0.476 e. The average Bonchev–Trinajstić information content (AvgIpc) is 2.33. The second-order valence-corrected chi connectivity index (χ2v) is 3.55. The molecule has 0 aliphatic carbocycles. The minimum absolute atomic E-state index is 0.200. The van der Waals surface area contributed by atoms with E-state index < -0.39 is 0 Å². The van der Waals surface area contributed by atoms with E-state index in [1.807, 2.05) is 0 Å². The Morgan fingerprint density at radius 1 is 1.24 bits per heavy atom. The molecule has 0 amide bonds. The number of ether oxygens (including phenoxy) is 3. The van der Waals surface area contributed by atoms with Crippen LogP contribution in [0.2, 0.25) is 5.15 Å². The Balaban J connectivity index is 2.16. The summed E-state index contributed by atoms with van der Waals surface area (Å²) in [4.78, 5) is 7.61. The highest BCUT2D eigenvalue weighted by Gasteiger charge is 2.06. The van der Waals surface area contributed by atoms with Crippen molar-refractivity contribution in [2.24, 2.45) is 0 Å². The van der Waals surface area contributed by atoms with E-state index in [0.29, 0.717) is 32.3 Å². The number of halogens is 1. The Morgan fingerprint density at radius 3 is 2.82 bits per heavy atom. The zero-order valence-corrected chi connectivity index (χ0v) is 10.4. The van der Waals surface area contributed by atoms with Crippen LogP contribution in [0.15, 0.2) is 6.33 Å². The lowest BCUT2D eigenvalue weighted by Gasteiger charge is -2.08. The maximum absolute atomic E-state index is 5.72. The molecule has 0 saturated heterocycles. The van der Waals surface area contributed by atoms with Gasteiger partial charge < -0.3 is 19.9 Å². The van der Waals surface area contributed by atoms with E-state index in [-0.39, 0.29) is 10.8 Å². The number of methoxy groups -OCH3 is 1. The van der Waals surface area contributed by atoms with Gasteiger partial charge in [0.2, 0.25) is 5.88 Å². The first-order valence-electron chi connectivity index (χ1n) is 5.21. The number of aromatic nitrogens is 2. The van der Waals surface area contributed by atoms with Gasteiger partial charge in [-0.3, -0.25) is 0 Å². The second-order valence-electron chi connectivity index (χ2n) is 3.19. The number of nitrogens with two attached hydrogens (primary N) is 1. The Hall–Kier alpha value is -1.11. The minimum Gasteiger partial charge on any atom is -0.476 e. The number of nitrogens with zero attached hydrogens (tertiary/aromatic N) is 2. The molecule has 0 bridgehead atoms. The van der Waals surface area contributed by atoms with E-state index in [2.05, 4.69) is 9.97 Å². The van der Waals surface area contributed by atoms with E-state index in [1.54, 1.807) is 7.11 Å². The third kappa shape index (κ3) is 5.16. The molecule has 2 N–H and O–H groups in total.